The molecule has 0 atom stereocenters. The Morgan fingerprint density at radius 1 is 0.386 bits per heavy atom. The van der Waals surface area contributed by atoms with E-state index in [-0.39, 0.29) is 0 Å². The second kappa shape index (κ2) is 9.74. The average Bonchev–Trinajstić information content (AvgIpc) is 3.65. The van der Waals surface area contributed by atoms with E-state index in [2.05, 4.69) is 30.3 Å². The van der Waals surface area contributed by atoms with E-state index in [1.165, 1.54) is 0 Å². The third-order valence-electron chi connectivity index (χ3n) is 8.16. The SMILES string of the molecule is N#Cc1cc(C#N)cc(-c2cc(-c3ccc4oc5ccccc5c4c3)c(C#N)cc2-c2ccc3oc4ccccc4c3c2)c1. The molecule has 0 amide bonds. The van der Waals surface area contributed by atoms with Gasteiger partial charge in [0.2, 0.25) is 0 Å². The highest BCUT2D eigenvalue weighted by Gasteiger charge is 2.18. The first-order valence-corrected chi connectivity index (χ1v) is 14.0. The fourth-order valence-corrected chi connectivity index (χ4v) is 6.11. The molecular weight excluding hydrogens is 542 g/mol. The summed E-state index contributed by atoms with van der Waals surface area (Å²) in [6.07, 6.45) is 0. The van der Waals surface area contributed by atoms with E-state index in [9.17, 15) is 15.8 Å². The van der Waals surface area contributed by atoms with Gasteiger partial charge < -0.3 is 8.83 Å². The van der Waals surface area contributed by atoms with Gasteiger partial charge in [-0.3, -0.25) is 0 Å². The normalized spacial score (nSPS) is 11.1. The first-order valence-electron chi connectivity index (χ1n) is 14.0. The summed E-state index contributed by atoms with van der Waals surface area (Å²) >= 11 is 0. The molecule has 6 aromatic carbocycles. The van der Waals surface area contributed by atoms with Crippen LogP contribution in [0.3, 0.4) is 0 Å². The van der Waals surface area contributed by atoms with Crippen molar-refractivity contribution in [3.05, 3.63) is 132 Å². The summed E-state index contributed by atoms with van der Waals surface area (Å²) < 4.78 is 12.1. The van der Waals surface area contributed by atoms with E-state index >= 15 is 0 Å². The molecule has 0 fully saturated rings. The first kappa shape index (κ1) is 25.1. The second-order valence-corrected chi connectivity index (χ2v) is 10.7. The molecule has 2 aromatic heterocycles. The van der Waals surface area contributed by atoms with E-state index in [1.807, 2.05) is 84.9 Å². The molecule has 202 valence electrons. The number of nitriles is 3. The lowest BCUT2D eigenvalue weighted by molar-refractivity contribution is 0.668. The Bertz CT molecular complexity index is 2570. The maximum atomic E-state index is 10.4. The number of nitrogens with zero attached hydrogens (tertiary/aromatic N) is 3. The molecule has 0 aliphatic rings. The highest BCUT2D eigenvalue weighted by molar-refractivity contribution is 6.08. The predicted molar refractivity (Wildman–Crippen MR) is 171 cm³/mol. The van der Waals surface area contributed by atoms with E-state index in [0.717, 1.165) is 71.7 Å². The van der Waals surface area contributed by atoms with Gasteiger partial charge in [0, 0.05) is 27.1 Å². The van der Waals surface area contributed by atoms with Crippen LogP contribution in [-0.2, 0) is 0 Å². The standard InChI is InChI=1S/C39H19N3O2/c40-20-23-13-24(21-41)15-27(14-23)33-19-31(25-9-11-38-34(16-25)29-5-1-3-7-36(29)43-38)28(22-42)18-32(33)26-10-12-39-35(17-26)30-6-2-4-8-37(30)44-39/h1-19H. The van der Waals surface area contributed by atoms with Gasteiger partial charge >= 0.3 is 0 Å². The number of para-hydroxylation sites is 2. The zero-order chi connectivity index (χ0) is 29.8. The molecule has 0 aliphatic carbocycles. The third-order valence-corrected chi connectivity index (χ3v) is 8.16. The summed E-state index contributed by atoms with van der Waals surface area (Å²) in [5.74, 6) is 0. The smallest absolute Gasteiger partial charge is 0.135 e. The molecule has 5 heteroatoms. The Hall–Kier alpha value is -6.61. The molecule has 0 unspecified atom stereocenters. The molecule has 0 aliphatic heterocycles. The van der Waals surface area contributed by atoms with Gasteiger partial charge in [-0.25, -0.2) is 0 Å². The number of hydrogen-bond donors (Lipinski definition) is 0. The fraction of sp³-hybridized carbons (Fsp3) is 0. The molecule has 0 saturated heterocycles. The minimum absolute atomic E-state index is 0.387. The van der Waals surface area contributed by atoms with E-state index in [1.54, 1.807) is 18.2 Å². The van der Waals surface area contributed by atoms with Crippen LogP contribution in [0.25, 0.3) is 77.3 Å². The lowest BCUT2D eigenvalue weighted by Crippen LogP contribution is -1.93. The van der Waals surface area contributed by atoms with Crippen LogP contribution in [0.4, 0.5) is 0 Å². The van der Waals surface area contributed by atoms with Crippen molar-refractivity contribution in [3.8, 4) is 51.6 Å². The van der Waals surface area contributed by atoms with Gasteiger partial charge in [0.1, 0.15) is 22.3 Å². The van der Waals surface area contributed by atoms with Gasteiger partial charge in [0.05, 0.1) is 34.9 Å². The molecule has 0 bridgehead atoms. The van der Waals surface area contributed by atoms with E-state index in [0.29, 0.717) is 22.3 Å². The Balaban J connectivity index is 1.42. The van der Waals surface area contributed by atoms with Crippen LogP contribution in [0.1, 0.15) is 16.7 Å². The summed E-state index contributed by atoms with van der Waals surface area (Å²) in [6, 6.07) is 43.6. The Kier molecular flexibility index (Phi) is 5.56. The molecule has 5 nitrogen and oxygen atoms in total. The average molecular weight is 562 g/mol. The van der Waals surface area contributed by atoms with Gasteiger partial charge in [-0.1, -0.05) is 48.5 Å². The Morgan fingerprint density at radius 3 is 1.43 bits per heavy atom. The monoisotopic (exact) mass is 561 g/mol. The molecule has 0 radical (unpaired) electrons. The van der Waals surface area contributed by atoms with Gasteiger partial charge in [-0.05, 0) is 94.5 Å². The lowest BCUT2D eigenvalue weighted by atomic mass is 9.86. The van der Waals surface area contributed by atoms with Crippen LogP contribution in [0, 0.1) is 34.0 Å². The highest BCUT2D eigenvalue weighted by Crippen LogP contribution is 2.42. The van der Waals surface area contributed by atoms with Crippen LogP contribution in [0.5, 0.6) is 0 Å². The number of furan rings is 2. The van der Waals surface area contributed by atoms with E-state index in [4.69, 9.17) is 8.83 Å². The van der Waals surface area contributed by atoms with Crippen molar-refractivity contribution in [2.45, 2.75) is 0 Å². The minimum atomic E-state index is 0.387. The quantitative estimate of drug-likeness (QED) is 0.214. The first-order chi connectivity index (χ1) is 21.6. The number of fused-ring (bicyclic) bond motifs is 6. The van der Waals surface area contributed by atoms with Crippen molar-refractivity contribution >= 4 is 43.9 Å². The van der Waals surface area contributed by atoms with Gasteiger partial charge in [0.15, 0.2) is 0 Å². The summed E-state index contributed by atoms with van der Waals surface area (Å²) in [6.45, 7) is 0. The third kappa shape index (κ3) is 3.92. The highest BCUT2D eigenvalue weighted by atomic mass is 16.3. The Morgan fingerprint density at radius 2 is 0.886 bits per heavy atom. The maximum Gasteiger partial charge on any atom is 0.135 e. The van der Waals surface area contributed by atoms with Crippen molar-refractivity contribution in [2.24, 2.45) is 0 Å². The van der Waals surface area contributed by atoms with Gasteiger partial charge in [0.25, 0.3) is 0 Å². The zero-order valence-corrected chi connectivity index (χ0v) is 23.1. The van der Waals surface area contributed by atoms with Crippen LogP contribution in [0.15, 0.2) is 124 Å². The van der Waals surface area contributed by atoms with Gasteiger partial charge in [-0.2, -0.15) is 15.8 Å². The number of rotatable bonds is 3. The molecule has 44 heavy (non-hydrogen) atoms. The van der Waals surface area contributed by atoms with Crippen LogP contribution >= 0.6 is 0 Å². The van der Waals surface area contributed by atoms with Gasteiger partial charge in [-0.15, -0.1) is 0 Å². The Labute approximate surface area is 251 Å². The summed E-state index contributed by atoms with van der Waals surface area (Å²) in [4.78, 5) is 0. The molecular formula is C39H19N3O2. The molecule has 0 N–H and O–H groups in total. The summed E-state index contributed by atoms with van der Waals surface area (Å²) in [5.41, 5.74) is 9.25. The summed E-state index contributed by atoms with van der Waals surface area (Å²) in [7, 11) is 0. The summed E-state index contributed by atoms with van der Waals surface area (Å²) in [5, 5.41) is 33.9. The van der Waals surface area contributed by atoms with Crippen molar-refractivity contribution in [1.29, 1.82) is 15.8 Å². The van der Waals surface area contributed by atoms with Crippen LogP contribution in [-0.4, -0.2) is 0 Å². The van der Waals surface area contributed by atoms with Crippen molar-refractivity contribution < 1.29 is 8.83 Å². The number of benzene rings is 6. The van der Waals surface area contributed by atoms with Crippen molar-refractivity contribution in [3.63, 3.8) is 0 Å². The lowest BCUT2D eigenvalue weighted by Gasteiger charge is -2.16. The molecule has 8 rings (SSSR count). The predicted octanol–water partition coefficient (Wildman–Crippen LogP) is 10.1. The minimum Gasteiger partial charge on any atom is -0.456 e. The van der Waals surface area contributed by atoms with E-state index < -0.39 is 0 Å². The zero-order valence-electron chi connectivity index (χ0n) is 23.1. The van der Waals surface area contributed by atoms with Crippen LogP contribution < -0.4 is 0 Å². The molecule has 2 heterocycles. The largest absolute Gasteiger partial charge is 0.456 e. The van der Waals surface area contributed by atoms with Crippen LogP contribution in [0.2, 0.25) is 0 Å². The maximum absolute atomic E-state index is 10.4. The molecule has 8 aromatic rings. The van der Waals surface area contributed by atoms with Crippen molar-refractivity contribution in [1.82, 2.24) is 0 Å². The topological polar surface area (TPSA) is 97.6 Å². The second-order valence-electron chi connectivity index (χ2n) is 10.7. The molecule has 0 spiro atoms. The molecule has 0 saturated carbocycles. The number of hydrogen-bond acceptors (Lipinski definition) is 5. The van der Waals surface area contributed by atoms with Crippen molar-refractivity contribution in [2.75, 3.05) is 0 Å². The fourth-order valence-electron chi connectivity index (χ4n) is 6.11.